The summed E-state index contributed by atoms with van der Waals surface area (Å²) in [6.07, 6.45) is -0.820. The number of aliphatic carboxylic acids is 3. The average molecular weight is 622 g/mol. The molecule has 0 aromatic rings. The summed E-state index contributed by atoms with van der Waals surface area (Å²) in [6.45, 7) is 3.88. The van der Waals surface area contributed by atoms with Crippen LogP contribution in [-0.2, 0) is 63.3 Å². The number of hydrogen-bond acceptors (Lipinski definition) is 12. The van der Waals surface area contributed by atoms with Gasteiger partial charge in [-0.05, 0) is 20.8 Å². The van der Waals surface area contributed by atoms with Crippen molar-refractivity contribution in [2.45, 2.75) is 59.3 Å². The van der Waals surface area contributed by atoms with Gasteiger partial charge in [0, 0.05) is 38.5 Å². The largest absolute Gasteiger partial charge is 3.00 e. The predicted molar refractivity (Wildman–Crippen MR) is 89.8 cm³/mol. The van der Waals surface area contributed by atoms with Crippen LogP contribution in [0.5, 0.6) is 0 Å². The number of rotatable bonds is 12. The van der Waals surface area contributed by atoms with Gasteiger partial charge in [-0.25, -0.2) is 0 Å². The fraction of sp³-hybridized carbons (Fsp3) is 0.500. The quantitative estimate of drug-likeness (QED) is 0.190. The Labute approximate surface area is 190 Å². The smallest absolute Gasteiger partial charge is 0.542 e. The molecule has 0 saturated carbocycles. The van der Waals surface area contributed by atoms with Crippen molar-refractivity contribution in [2.24, 2.45) is 0 Å². The molecule has 0 N–H and O–H groups in total. The third-order valence-electron chi connectivity index (χ3n) is 2.80. The van der Waals surface area contributed by atoms with Crippen molar-refractivity contribution in [2.75, 3.05) is 0 Å². The van der Waals surface area contributed by atoms with Crippen molar-refractivity contribution in [1.29, 1.82) is 0 Å². The zero-order valence-corrected chi connectivity index (χ0v) is 19.4. The number of carboxylic acid groups (broad SMARTS) is 3. The monoisotopic (exact) mass is 622 g/mol. The summed E-state index contributed by atoms with van der Waals surface area (Å²) in [5.74, 6) is -8.82. The van der Waals surface area contributed by atoms with Crippen LogP contribution in [0.4, 0.5) is 0 Å². The van der Waals surface area contributed by atoms with Crippen LogP contribution in [0, 0.1) is 0 Å². The SMILES string of the molecule is CC(=O)CCC(=O)C(=O)[O-].CC(=O)CCC(=O)C(=O)[O-].CC(=O)CCC(=O)C(=O)[O-].[Ir+3]. The topological polar surface area (TPSA) is 223 Å². The van der Waals surface area contributed by atoms with E-state index in [2.05, 4.69) is 0 Å². The Bertz CT molecular complexity index is 613. The van der Waals surface area contributed by atoms with E-state index < -0.39 is 35.3 Å². The summed E-state index contributed by atoms with van der Waals surface area (Å²) in [5, 5.41) is 29.2. The van der Waals surface area contributed by atoms with E-state index in [9.17, 15) is 58.5 Å². The molecule has 0 saturated heterocycles. The van der Waals surface area contributed by atoms with Gasteiger partial charge in [0.15, 0.2) is 17.3 Å². The van der Waals surface area contributed by atoms with Crippen LogP contribution in [-0.4, -0.2) is 52.6 Å². The molecule has 0 amide bonds. The number of carboxylic acids is 3. The molecule has 0 fully saturated rings. The molecule has 0 heterocycles. The molecule has 0 atom stereocenters. The van der Waals surface area contributed by atoms with Crippen molar-refractivity contribution in [3.8, 4) is 0 Å². The number of carbonyl (C=O) groups is 9. The minimum atomic E-state index is -1.72. The van der Waals surface area contributed by atoms with Crippen LogP contribution in [0.25, 0.3) is 0 Å². The van der Waals surface area contributed by atoms with Gasteiger partial charge in [-0.15, -0.1) is 0 Å². The maximum atomic E-state index is 10.2. The Morgan fingerprint density at radius 2 is 0.581 bits per heavy atom. The van der Waals surface area contributed by atoms with E-state index in [0.29, 0.717) is 0 Å². The molecule has 0 aliphatic heterocycles. The summed E-state index contributed by atoms with van der Waals surface area (Å²) in [5.41, 5.74) is 0. The van der Waals surface area contributed by atoms with Gasteiger partial charge >= 0.3 is 20.1 Å². The molecule has 0 unspecified atom stereocenters. The first-order chi connectivity index (χ1) is 13.6. The van der Waals surface area contributed by atoms with Gasteiger partial charge in [-0.1, -0.05) is 0 Å². The average Bonchev–Trinajstić information content (AvgIpc) is 2.62. The normalized spacial score (nSPS) is 8.61. The molecule has 0 bridgehead atoms. The second-order valence-electron chi connectivity index (χ2n) is 5.74. The summed E-state index contributed by atoms with van der Waals surface area (Å²) in [7, 11) is 0. The molecular weight excluding hydrogens is 600 g/mol. The van der Waals surface area contributed by atoms with Crippen molar-refractivity contribution < 1.29 is 78.6 Å². The summed E-state index contributed by atoms with van der Waals surface area (Å²) < 4.78 is 0. The molecule has 12 nitrogen and oxygen atoms in total. The van der Waals surface area contributed by atoms with Crippen LogP contribution in [0.1, 0.15) is 59.3 Å². The van der Waals surface area contributed by atoms with E-state index in [1.54, 1.807) is 0 Å². The minimum absolute atomic E-state index is 0. The second-order valence-corrected chi connectivity index (χ2v) is 5.74. The van der Waals surface area contributed by atoms with Crippen LogP contribution in [0.15, 0.2) is 0 Å². The number of ketones is 6. The summed E-state index contributed by atoms with van der Waals surface area (Å²) >= 11 is 0. The van der Waals surface area contributed by atoms with E-state index in [1.807, 2.05) is 0 Å². The number of hydrogen-bond donors (Lipinski definition) is 0. The van der Waals surface area contributed by atoms with Gasteiger partial charge in [0.2, 0.25) is 0 Å². The van der Waals surface area contributed by atoms with E-state index in [1.165, 1.54) is 20.8 Å². The van der Waals surface area contributed by atoms with E-state index in [-0.39, 0.29) is 76.0 Å². The molecule has 0 aromatic heterocycles. The van der Waals surface area contributed by atoms with Crippen LogP contribution in [0.2, 0.25) is 0 Å². The Morgan fingerprint density at radius 1 is 0.419 bits per heavy atom. The molecule has 0 rings (SSSR count). The molecule has 0 aliphatic carbocycles. The molecule has 0 radical (unpaired) electrons. The first kappa shape index (κ1) is 35.5. The first-order valence-electron chi connectivity index (χ1n) is 8.32. The maximum Gasteiger partial charge on any atom is 3.00 e. The Morgan fingerprint density at radius 3 is 0.677 bits per heavy atom. The van der Waals surface area contributed by atoms with E-state index >= 15 is 0 Å². The first-order valence-corrected chi connectivity index (χ1v) is 8.32. The van der Waals surface area contributed by atoms with E-state index in [4.69, 9.17) is 0 Å². The van der Waals surface area contributed by atoms with Crippen molar-refractivity contribution in [3.63, 3.8) is 0 Å². The standard InChI is InChI=1S/3C6H8O4.Ir/c3*1-4(7)2-3-5(8)6(9)10;/h3*2-3H2,1H3,(H,9,10);/q;;;+3/p-3. The Balaban J connectivity index is -0.000000174. The summed E-state index contributed by atoms with van der Waals surface area (Å²) in [4.78, 5) is 90.5. The van der Waals surface area contributed by atoms with Crippen molar-refractivity contribution >= 4 is 52.6 Å². The molecule has 31 heavy (non-hydrogen) atoms. The maximum absolute atomic E-state index is 10.2. The van der Waals surface area contributed by atoms with E-state index in [0.717, 1.165) is 0 Å². The minimum Gasteiger partial charge on any atom is -0.542 e. The Kier molecular flexibility index (Phi) is 23.3. The summed E-state index contributed by atoms with van der Waals surface area (Å²) in [6, 6.07) is 0. The van der Waals surface area contributed by atoms with Crippen LogP contribution in [0.3, 0.4) is 0 Å². The molecule has 13 heteroatoms. The number of Topliss-reactive ketones (excluding diaryl/α,β-unsaturated/α-hetero) is 6. The van der Waals surface area contributed by atoms with Gasteiger partial charge < -0.3 is 44.1 Å². The van der Waals surface area contributed by atoms with Gasteiger partial charge in [0.25, 0.3) is 0 Å². The molecular formula is C18H21IrO12. The molecule has 0 aliphatic rings. The van der Waals surface area contributed by atoms with Gasteiger partial charge in [0.1, 0.15) is 35.3 Å². The molecule has 0 aromatic carbocycles. The molecule has 174 valence electrons. The van der Waals surface area contributed by atoms with Gasteiger partial charge in [-0.3, -0.25) is 14.4 Å². The Hall–Kier alpha value is -2.92. The van der Waals surface area contributed by atoms with Crippen molar-refractivity contribution in [1.82, 2.24) is 0 Å². The van der Waals surface area contributed by atoms with Crippen LogP contribution >= 0.6 is 0 Å². The third kappa shape index (κ3) is 29.4. The third-order valence-corrected chi connectivity index (χ3v) is 2.80. The fourth-order valence-corrected chi connectivity index (χ4v) is 1.17. The number of carbonyl (C=O) groups excluding carboxylic acids is 9. The van der Waals surface area contributed by atoms with Crippen molar-refractivity contribution in [3.05, 3.63) is 0 Å². The zero-order valence-electron chi connectivity index (χ0n) is 17.0. The predicted octanol–water partition coefficient (Wildman–Crippen LogP) is -3.98. The van der Waals surface area contributed by atoms with Crippen LogP contribution < -0.4 is 15.3 Å². The zero-order chi connectivity index (χ0) is 24.4. The molecule has 0 spiro atoms. The second kappa shape index (κ2) is 20.4. The van der Waals surface area contributed by atoms with Gasteiger partial charge in [-0.2, -0.15) is 0 Å². The fourth-order valence-electron chi connectivity index (χ4n) is 1.17. The van der Waals surface area contributed by atoms with Gasteiger partial charge in [0.05, 0.1) is 0 Å².